The van der Waals surface area contributed by atoms with Gasteiger partial charge in [-0.3, -0.25) is 4.79 Å². The van der Waals surface area contributed by atoms with Gasteiger partial charge in [-0.15, -0.1) is 0 Å². The molecule has 2 fully saturated rings. The average molecular weight is 438 g/mol. The van der Waals surface area contributed by atoms with Gasteiger partial charge < -0.3 is 14.5 Å². The summed E-state index contributed by atoms with van der Waals surface area (Å²) in [6, 6.07) is 5.06. The Kier molecular flexibility index (Phi) is 7.76. The van der Waals surface area contributed by atoms with E-state index >= 15 is 0 Å². The molecule has 30 heavy (non-hydrogen) atoms. The highest BCUT2D eigenvalue weighted by molar-refractivity contribution is 7.89. The number of hydrogen-bond acceptors (Lipinski definition) is 5. The zero-order valence-corrected chi connectivity index (χ0v) is 19.3. The first-order chi connectivity index (χ1) is 14.4. The molecule has 8 heteroatoms. The molecule has 2 aliphatic heterocycles. The van der Waals surface area contributed by atoms with Gasteiger partial charge in [0.05, 0.1) is 16.6 Å². The number of ether oxygens (including phenoxy) is 1. The summed E-state index contributed by atoms with van der Waals surface area (Å²) in [6.45, 7) is 10.1. The molecule has 0 aromatic heterocycles. The first-order valence-corrected chi connectivity index (χ1v) is 12.7. The number of hydrogen-bond donors (Lipinski definition) is 0. The molecule has 0 spiro atoms. The lowest BCUT2D eigenvalue weighted by molar-refractivity contribution is 0.00725. The lowest BCUT2D eigenvalue weighted by Crippen LogP contribution is -2.43. The monoisotopic (exact) mass is 437 g/mol. The summed E-state index contributed by atoms with van der Waals surface area (Å²) < 4.78 is 33.4. The van der Waals surface area contributed by atoms with E-state index in [0.717, 1.165) is 44.5 Å². The Morgan fingerprint density at radius 3 is 2.43 bits per heavy atom. The number of carbonyl (C=O) groups excluding carboxylic acids is 1. The van der Waals surface area contributed by atoms with Gasteiger partial charge in [-0.05, 0) is 50.8 Å². The summed E-state index contributed by atoms with van der Waals surface area (Å²) in [5, 5.41) is 0. The Bertz CT molecular complexity index is 831. The van der Waals surface area contributed by atoms with E-state index in [2.05, 4.69) is 4.90 Å². The third-order valence-corrected chi connectivity index (χ3v) is 8.10. The molecule has 1 aromatic rings. The standard InChI is InChI=1S/C22H35N3O4S/c1-4-25(5-2)30(27,28)19-11-12-21(23-13-7-8-14-23)20(16-19)22(26)24-15-9-10-18(17-24)29-6-3/h11-12,16,18H,4-10,13-15,17H2,1-3H3. The van der Waals surface area contributed by atoms with E-state index in [0.29, 0.717) is 38.3 Å². The SMILES string of the molecule is CCOC1CCCN(C(=O)c2cc(S(=O)(=O)N(CC)CC)ccc2N2CCCC2)C1. The third kappa shape index (κ3) is 4.81. The van der Waals surface area contributed by atoms with Gasteiger partial charge in [0, 0.05) is 51.6 Å². The van der Waals surface area contributed by atoms with Crippen molar-refractivity contribution in [1.29, 1.82) is 0 Å². The smallest absolute Gasteiger partial charge is 0.256 e. The van der Waals surface area contributed by atoms with Gasteiger partial charge in [-0.2, -0.15) is 4.31 Å². The molecule has 0 radical (unpaired) electrons. The van der Waals surface area contributed by atoms with Gasteiger partial charge in [0.15, 0.2) is 0 Å². The molecule has 3 rings (SSSR count). The minimum atomic E-state index is -3.63. The van der Waals surface area contributed by atoms with Crippen LogP contribution in [0.15, 0.2) is 23.1 Å². The minimum Gasteiger partial charge on any atom is -0.377 e. The number of rotatable bonds is 8. The van der Waals surface area contributed by atoms with Crippen molar-refractivity contribution in [2.75, 3.05) is 50.8 Å². The lowest BCUT2D eigenvalue weighted by Gasteiger charge is -2.33. The van der Waals surface area contributed by atoms with Crippen LogP contribution in [0.25, 0.3) is 0 Å². The van der Waals surface area contributed by atoms with Crippen molar-refractivity contribution < 1.29 is 17.9 Å². The van der Waals surface area contributed by atoms with Gasteiger partial charge in [0.25, 0.3) is 5.91 Å². The van der Waals surface area contributed by atoms with Crippen molar-refractivity contribution >= 4 is 21.6 Å². The molecule has 2 heterocycles. The molecule has 2 aliphatic rings. The molecule has 168 valence electrons. The summed E-state index contributed by atoms with van der Waals surface area (Å²) in [4.78, 5) is 17.8. The molecule has 1 aromatic carbocycles. The highest BCUT2D eigenvalue weighted by atomic mass is 32.2. The number of likely N-dealkylation sites (tertiary alicyclic amines) is 1. The lowest BCUT2D eigenvalue weighted by atomic mass is 10.1. The van der Waals surface area contributed by atoms with Gasteiger partial charge in [-0.25, -0.2) is 8.42 Å². The van der Waals surface area contributed by atoms with Crippen LogP contribution in [0.2, 0.25) is 0 Å². The third-order valence-electron chi connectivity index (χ3n) is 6.06. The van der Waals surface area contributed by atoms with Crippen LogP contribution in [0, 0.1) is 0 Å². The topological polar surface area (TPSA) is 70.2 Å². The van der Waals surface area contributed by atoms with Gasteiger partial charge in [0.2, 0.25) is 10.0 Å². The average Bonchev–Trinajstić information content (AvgIpc) is 3.28. The van der Waals surface area contributed by atoms with Crippen molar-refractivity contribution in [1.82, 2.24) is 9.21 Å². The van der Waals surface area contributed by atoms with Crippen molar-refractivity contribution in [3.8, 4) is 0 Å². The van der Waals surface area contributed by atoms with Crippen LogP contribution in [0.5, 0.6) is 0 Å². The maximum atomic E-state index is 13.6. The molecule has 0 saturated carbocycles. The van der Waals surface area contributed by atoms with E-state index < -0.39 is 10.0 Å². The number of anilines is 1. The maximum Gasteiger partial charge on any atom is 0.256 e. The van der Waals surface area contributed by atoms with Crippen molar-refractivity contribution in [2.24, 2.45) is 0 Å². The van der Waals surface area contributed by atoms with Crippen LogP contribution >= 0.6 is 0 Å². The fourth-order valence-electron chi connectivity index (χ4n) is 4.46. The molecular formula is C22H35N3O4S. The molecular weight excluding hydrogens is 402 g/mol. The number of carbonyl (C=O) groups is 1. The van der Waals surface area contributed by atoms with Crippen LogP contribution < -0.4 is 4.90 Å². The number of nitrogens with zero attached hydrogens (tertiary/aromatic N) is 3. The summed E-state index contributed by atoms with van der Waals surface area (Å²) in [7, 11) is -3.63. The molecule has 7 nitrogen and oxygen atoms in total. The Balaban J connectivity index is 1.98. The predicted molar refractivity (Wildman–Crippen MR) is 119 cm³/mol. The fourth-order valence-corrected chi connectivity index (χ4v) is 5.94. The van der Waals surface area contributed by atoms with E-state index in [4.69, 9.17) is 4.74 Å². The fraction of sp³-hybridized carbons (Fsp3) is 0.682. The Morgan fingerprint density at radius 1 is 1.10 bits per heavy atom. The summed E-state index contributed by atoms with van der Waals surface area (Å²) in [6.07, 6.45) is 4.07. The zero-order valence-electron chi connectivity index (χ0n) is 18.5. The Labute approximate surface area is 181 Å². The van der Waals surface area contributed by atoms with Crippen LogP contribution in [0.4, 0.5) is 5.69 Å². The molecule has 2 saturated heterocycles. The summed E-state index contributed by atoms with van der Waals surface area (Å²) >= 11 is 0. The summed E-state index contributed by atoms with van der Waals surface area (Å²) in [5.41, 5.74) is 1.33. The highest BCUT2D eigenvalue weighted by Crippen LogP contribution is 2.30. The molecule has 1 amide bonds. The van der Waals surface area contributed by atoms with Crippen molar-refractivity contribution in [2.45, 2.75) is 57.5 Å². The van der Waals surface area contributed by atoms with E-state index in [-0.39, 0.29) is 16.9 Å². The van der Waals surface area contributed by atoms with Crippen molar-refractivity contribution in [3.05, 3.63) is 23.8 Å². The van der Waals surface area contributed by atoms with Crippen LogP contribution in [-0.4, -0.2) is 75.5 Å². The van der Waals surface area contributed by atoms with Gasteiger partial charge in [0.1, 0.15) is 0 Å². The van der Waals surface area contributed by atoms with Crippen LogP contribution in [0.1, 0.15) is 56.8 Å². The number of benzene rings is 1. The highest BCUT2D eigenvalue weighted by Gasteiger charge is 2.30. The molecule has 0 N–H and O–H groups in total. The van der Waals surface area contributed by atoms with Crippen LogP contribution in [-0.2, 0) is 14.8 Å². The zero-order chi connectivity index (χ0) is 21.7. The minimum absolute atomic E-state index is 0.0468. The van der Waals surface area contributed by atoms with E-state index in [1.54, 1.807) is 12.1 Å². The van der Waals surface area contributed by atoms with E-state index in [1.807, 2.05) is 31.7 Å². The second-order valence-corrected chi connectivity index (χ2v) is 9.87. The molecule has 1 unspecified atom stereocenters. The van der Waals surface area contributed by atoms with E-state index in [9.17, 15) is 13.2 Å². The van der Waals surface area contributed by atoms with Crippen molar-refractivity contribution in [3.63, 3.8) is 0 Å². The number of amides is 1. The first-order valence-electron chi connectivity index (χ1n) is 11.2. The quantitative estimate of drug-likeness (QED) is 0.625. The van der Waals surface area contributed by atoms with Crippen LogP contribution in [0.3, 0.4) is 0 Å². The maximum absolute atomic E-state index is 13.6. The normalized spacial score (nSPS) is 20.2. The molecule has 1 atom stereocenters. The Morgan fingerprint density at radius 2 is 1.80 bits per heavy atom. The second kappa shape index (κ2) is 10.1. The van der Waals surface area contributed by atoms with E-state index in [1.165, 1.54) is 4.31 Å². The summed E-state index contributed by atoms with van der Waals surface area (Å²) in [5.74, 6) is -0.0992. The van der Waals surface area contributed by atoms with Gasteiger partial charge >= 0.3 is 0 Å². The number of sulfonamides is 1. The predicted octanol–water partition coefficient (Wildman–Crippen LogP) is 2.96. The second-order valence-electron chi connectivity index (χ2n) is 7.93. The molecule has 0 bridgehead atoms. The Hall–Kier alpha value is -1.64. The largest absolute Gasteiger partial charge is 0.377 e. The first kappa shape index (κ1) is 23.0. The van der Waals surface area contributed by atoms with Gasteiger partial charge in [-0.1, -0.05) is 13.8 Å². The number of piperidine rings is 1. The molecule has 0 aliphatic carbocycles.